The van der Waals surface area contributed by atoms with Crippen molar-refractivity contribution in [2.75, 3.05) is 5.32 Å². The summed E-state index contributed by atoms with van der Waals surface area (Å²) in [5, 5.41) is 2.85. The van der Waals surface area contributed by atoms with Crippen LogP contribution in [0.3, 0.4) is 0 Å². The fourth-order valence-electron chi connectivity index (χ4n) is 2.04. The topological polar surface area (TPSA) is 38.3 Å². The first kappa shape index (κ1) is 15.8. The number of nitrogens with one attached hydrogen (secondary N) is 1. The molecule has 110 valence electrons. The SMILES string of the molecule is Cc1cc(C)cc(O[C@H](C)C(=O)Nc2ccc(I)cc2)c1. The molecule has 0 spiro atoms. The quantitative estimate of drug-likeness (QED) is 0.784. The monoisotopic (exact) mass is 395 g/mol. The van der Waals surface area contributed by atoms with E-state index in [0.717, 1.165) is 26.1 Å². The van der Waals surface area contributed by atoms with Crippen LogP contribution in [0.1, 0.15) is 18.1 Å². The van der Waals surface area contributed by atoms with Gasteiger partial charge in [-0.2, -0.15) is 0 Å². The summed E-state index contributed by atoms with van der Waals surface area (Å²) in [6.07, 6.45) is -0.550. The minimum absolute atomic E-state index is 0.157. The highest BCUT2D eigenvalue weighted by Crippen LogP contribution is 2.18. The molecule has 0 aliphatic rings. The van der Waals surface area contributed by atoms with Crippen LogP contribution in [0.4, 0.5) is 5.69 Å². The Bertz CT molecular complexity index is 617. The van der Waals surface area contributed by atoms with Crippen LogP contribution < -0.4 is 10.1 Å². The predicted octanol–water partition coefficient (Wildman–Crippen LogP) is 4.31. The maximum atomic E-state index is 12.1. The molecule has 0 aromatic heterocycles. The predicted molar refractivity (Wildman–Crippen MR) is 93.8 cm³/mol. The van der Waals surface area contributed by atoms with Crippen LogP contribution in [0.25, 0.3) is 0 Å². The lowest BCUT2D eigenvalue weighted by Gasteiger charge is -2.15. The van der Waals surface area contributed by atoms with Crippen molar-refractivity contribution in [1.82, 2.24) is 0 Å². The number of hydrogen-bond acceptors (Lipinski definition) is 2. The van der Waals surface area contributed by atoms with Crippen molar-refractivity contribution < 1.29 is 9.53 Å². The van der Waals surface area contributed by atoms with E-state index in [1.165, 1.54) is 0 Å². The molecular formula is C17H18INO2. The zero-order chi connectivity index (χ0) is 15.4. The fraction of sp³-hybridized carbons (Fsp3) is 0.235. The molecule has 2 rings (SSSR count). The zero-order valence-electron chi connectivity index (χ0n) is 12.3. The van der Waals surface area contributed by atoms with E-state index in [1.54, 1.807) is 6.92 Å². The van der Waals surface area contributed by atoms with Gasteiger partial charge in [-0.05, 0) is 90.9 Å². The number of anilines is 1. The standard InChI is InChI=1S/C17H18INO2/c1-11-8-12(2)10-16(9-11)21-13(3)17(20)19-15-6-4-14(18)5-7-15/h4-10,13H,1-3H3,(H,19,20)/t13-/m1/s1. The molecule has 0 aliphatic carbocycles. The first-order chi connectivity index (χ1) is 9.94. The molecule has 1 N–H and O–H groups in total. The Balaban J connectivity index is 2.00. The minimum Gasteiger partial charge on any atom is -0.481 e. The Labute approximate surface area is 138 Å². The molecule has 0 fully saturated rings. The lowest BCUT2D eigenvalue weighted by atomic mass is 10.1. The Kier molecular flexibility index (Phi) is 5.22. The fourth-order valence-corrected chi connectivity index (χ4v) is 2.40. The number of carbonyl (C=O) groups is 1. The van der Waals surface area contributed by atoms with Crippen LogP contribution in [0.15, 0.2) is 42.5 Å². The van der Waals surface area contributed by atoms with E-state index in [9.17, 15) is 4.79 Å². The number of benzene rings is 2. The van der Waals surface area contributed by atoms with Crippen molar-refractivity contribution in [3.8, 4) is 5.75 Å². The van der Waals surface area contributed by atoms with Crippen molar-refractivity contribution in [3.05, 3.63) is 57.2 Å². The summed E-state index contributed by atoms with van der Waals surface area (Å²) >= 11 is 2.23. The number of carbonyl (C=O) groups excluding carboxylic acids is 1. The normalized spacial score (nSPS) is 11.8. The van der Waals surface area contributed by atoms with Crippen LogP contribution >= 0.6 is 22.6 Å². The third kappa shape index (κ3) is 4.74. The third-order valence-corrected chi connectivity index (χ3v) is 3.71. The lowest BCUT2D eigenvalue weighted by Crippen LogP contribution is -2.30. The van der Waals surface area contributed by atoms with E-state index >= 15 is 0 Å². The maximum Gasteiger partial charge on any atom is 0.265 e. The Morgan fingerprint density at radius 3 is 2.24 bits per heavy atom. The molecule has 0 radical (unpaired) electrons. The average molecular weight is 395 g/mol. The molecule has 0 saturated heterocycles. The second-order valence-corrected chi connectivity index (χ2v) is 6.33. The summed E-state index contributed by atoms with van der Waals surface area (Å²) in [4.78, 5) is 12.1. The van der Waals surface area contributed by atoms with Gasteiger partial charge < -0.3 is 10.1 Å². The summed E-state index contributed by atoms with van der Waals surface area (Å²) in [5.74, 6) is 0.563. The van der Waals surface area contributed by atoms with Crippen LogP contribution in [0.5, 0.6) is 5.75 Å². The third-order valence-electron chi connectivity index (χ3n) is 2.99. The summed E-state index contributed by atoms with van der Waals surface area (Å²) in [7, 11) is 0. The van der Waals surface area contributed by atoms with Crippen LogP contribution in [-0.2, 0) is 4.79 Å². The highest BCUT2D eigenvalue weighted by molar-refractivity contribution is 14.1. The van der Waals surface area contributed by atoms with E-state index in [-0.39, 0.29) is 5.91 Å². The molecule has 1 atom stereocenters. The molecule has 0 bridgehead atoms. The molecule has 1 amide bonds. The first-order valence-electron chi connectivity index (χ1n) is 6.75. The first-order valence-corrected chi connectivity index (χ1v) is 7.83. The molecule has 4 heteroatoms. The Morgan fingerprint density at radius 1 is 1.10 bits per heavy atom. The molecule has 2 aromatic carbocycles. The smallest absolute Gasteiger partial charge is 0.265 e. The second kappa shape index (κ2) is 6.93. The van der Waals surface area contributed by atoms with Gasteiger partial charge in [-0.3, -0.25) is 4.79 Å². The van der Waals surface area contributed by atoms with Crippen LogP contribution in [0, 0.1) is 17.4 Å². The molecule has 2 aromatic rings. The molecule has 0 unspecified atom stereocenters. The zero-order valence-corrected chi connectivity index (χ0v) is 14.5. The van der Waals surface area contributed by atoms with Crippen LogP contribution in [0.2, 0.25) is 0 Å². The molecule has 0 saturated carbocycles. The van der Waals surface area contributed by atoms with E-state index in [1.807, 2.05) is 50.2 Å². The number of amides is 1. The molecule has 0 aliphatic heterocycles. The van der Waals surface area contributed by atoms with Crippen molar-refractivity contribution in [3.63, 3.8) is 0 Å². The van der Waals surface area contributed by atoms with Gasteiger partial charge in [-0.15, -0.1) is 0 Å². The molecular weight excluding hydrogens is 377 g/mol. The van der Waals surface area contributed by atoms with E-state index in [0.29, 0.717) is 0 Å². The highest BCUT2D eigenvalue weighted by atomic mass is 127. The van der Waals surface area contributed by atoms with Crippen molar-refractivity contribution >= 4 is 34.2 Å². The van der Waals surface area contributed by atoms with Gasteiger partial charge >= 0.3 is 0 Å². The number of aryl methyl sites for hydroxylation is 2. The van der Waals surface area contributed by atoms with Crippen molar-refractivity contribution in [2.24, 2.45) is 0 Å². The van der Waals surface area contributed by atoms with E-state index in [4.69, 9.17) is 4.74 Å². The van der Waals surface area contributed by atoms with Gasteiger partial charge in [0.15, 0.2) is 6.10 Å². The minimum atomic E-state index is -0.550. The summed E-state index contributed by atoms with van der Waals surface area (Å²) in [5.41, 5.74) is 3.02. The van der Waals surface area contributed by atoms with Gasteiger partial charge in [0, 0.05) is 9.26 Å². The summed E-state index contributed by atoms with van der Waals surface area (Å²) in [6, 6.07) is 13.6. The molecule has 0 heterocycles. The van der Waals surface area contributed by atoms with Gasteiger partial charge in [0.05, 0.1) is 0 Å². The highest BCUT2D eigenvalue weighted by Gasteiger charge is 2.15. The van der Waals surface area contributed by atoms with Crippen molar-refractivity contribution in [1.29, 1.82) is 0 Å². The van der Waals surface area contributed by atoms with E-state index in [2.05, 4.69) is 34.0 Å². The van der Waals surface area contributed by atoms with Gasteiger partial charge in [0.2, 0.25) is 0 Å². The van der Waals surface area contributed by atoms with Crippen LogP contribution in [-0.4, -0.2) is 12.0 Å². The van der Waals surface area contributed by atoms with Crippen molar-refractivity contribution in [2.45, 2.75) is 26.9 Å². The molecule has 21 heavy (non-hydrogen) atoms. The summed E-state index contributed by atoms with van der Waals surface area (Å²) in [6.45, 7) is 5.77. The number of rotatable bonds is 4. The maximum absolute atomic E-state index is 12.1. The lowest BCUT2D eigenvalue weighted by molar-refractivity contribution is -0.122. The van der Waals surface area contributed by atoms with E-state index < -0.39 is 6.10 Å². The van der Waals surface area contributed by atoms with Gasteiger partial charge in [-0.1, -0.05) is 6.07 Å². The van der Waals surface area contributed by atoms with Gasteiger partial charge in [-0.25, -0.2) is 0 Å². The second-order valence-electron chi connectivity index (χ2n) is 5.08. The number of ether oxygens (including phenoxy) is 1. The Morgan fingerprint density at radius 2 is 1.67 bits per heavy atom. The Hall–Kier alpha value is -1.56. The summed E-state index contributed by atoms with van der Waals surface area (Å²) < 4.78 is 6.85. The van der Waals surface area contributed by atoms with Gasteiger partial charge in [0.25, 0.3) is 5.91 Å². The molecule has 3 nitrogen and oxygen atoms in total. The van der Waals surface area contributed by atoms with Gasteiger partial charge in [0.1, 0.15) is 5.75 Å². The number of hydrogen-bond donors (Lipinski definition) is 1. The number of halogens is 1. The largest absolute Gasteiger partial charge is 0.481 e. The average Bonchev–Trinajstić information content (AvgIpc) is 2.40.